The quantitative estimate of drug-likeness (QED) is 0.823. The number of hydrogen-bond donors (Lipinski definition) is 1. The summed E-state index contributed by atoms with van der Waals surface area (Å²) in [7, 11) is 0. The van der Waals surface area contributed by atoms with Gasteiger partial charge >= 0.3 is 0 Å². The van der Waals surface area contributed by atoms with Crippen LogP contribution in [-0.4, -0.2) is 0 Å². The largest absolute Gasteiger partial charge is 0.318 e. The van der Waals surface area contributed by atoms with Gasteiger partial charge in [-0.05, 0) is 60.1 Å². The van der Waals surface area contributed by atoms with E-state index in [1.165, 1.54) is 11.6 Å². The zero-order valence-corrected chi connectivity index (χ0v) is 12.0. The molecule has 104 valence electrons. The lowest BCUT2D eigenvalue weighted by atomic mass is 9.69. The van der Waals surface area contributed by atoms with Gasteiger partial charge in [-0.2, -0.15) is 0 Å². The second-order valence-electron chi connectivity index (χ2n) is 5.96. The van der Waals surface area contributed by atoms with Gasteiger partial charge in [0.1, 0.15) is 5.82 Å². The molecule has 0 aliphatic heterocycles. The van der Waals surface area contributed by atoms with Crippen LogP contribution < -0.4 is 5.73 Å². The van der Waals surface area contributed by atoms with Crippen LogP contribution in [0.25, 0.3) is 0 Å². The van der Waals surface area contributed by atoms with Crippen LogP contribution >= 0.6 is 0 Å². The third kappa shape index (κ3) is 1.95. The fourth-order valence-corrected chi connectivity index (χ4v) is 3.42. The Morgan fingerprint density at radius 1 is 1.15 bits per heavy atom. The summed E-state index contributed by atoms with van der Waals surface area (Å²) in [5.74, 6) is 0.295. The number of fused-ring (bicyclic) bond motifs is 1. The third-order valence-corrected chi connectivity index (χ3v) is 4.62. The molecule has 2 aromatic rings. The second kappa shape index (κ2) is 4.71. The number of aryl methyl sites for hydroxylation is 1. The van der Waals surface area contributed by atoms with Gasteiger partial charge in [-0.3, -0.25) is 0 Å². The van der Waals surface area contributed by atoms with E-state index in [9.17, 15) is 4.39 Å². The van der Waals surface area contributed by atoms with Crippen LogP contribution in [0.2, 0.25) is 0 Å². The maximum Gasteiger partial charge on any atom is 0.123 e. The summed E-state index contributed by atoms with van der Waals surface area (Å²) in [5.41, 5.74) is 10.6. The van der Waals surface area contributed by atoms with Gasteiger partial charge < -0.3 is 5.73 Å². The van der Waals surface area contributed by atoms with E-state index in [0.29, 0.717) is 5.92 Å². The monoisotopic (exact) mass is 269 g/mol. The molecule has 1 nitrogen and oxygen atoms in total. The fourth-order valence-electron chi connectivity index (χ4n) is 3.42. The van der Waals surface area contributed by atoms with Gasteiger partial charge in [0.2, 0.25) is 0 Å². The molecule has 2 heteroatoms. The van der Waals surface area contributed by atoms with Crippen molar-refractivity contribution in [3.8, 4) is 0 Å². The summed E-state index contributed by atoms with van der Waals surface area (Å²) >= 11 is 0. The first-order valence-corrected chi connectivity index (χ1v) is 7.17. The van der Waals surface area contributed by atoms with Crippen molar-refractivity contribution < 1.29 is 4.39 Å². The summed E-state index contributed by atoms with van der Waals surface area (Å²) in [6, 6.07) is 13.2. The third-order valence-electron chi connectivity index (χ3n) is 4.62. The lowest BCUT2D eigenvalue weighted by Gasteiger charge is -2.39. The number of benzene rings is 2. The van der Waals surface area contributed by atoms with Crippen molar-refractivity contribution in [2.75, 3.05) is 0 Å². The highest BCUT2D eigenvalue weighted by molar-refractivity contribution is 5.48. The van der Waals surface area contributed by atoms with Gasteiger partial charge in [0.05, 0.1) is 5.54 Å². The predicted octanol–water partition coefficient (Wildman–Crippen LogP) is 4.23. The Labute approximate surface area is 119 Å². The molecular formula is C18H20FN. The molecule has 0 heterocycles. The molecule has 0 bridgehead atoms. The highest BCUT2D eigenvalue weighted by Gasteiger charge is 2.37. The number of nitrogens with two attached hydrogens (primary N) is 1. The Morgan fingerprint density at radius 3 is 2.70 bits per heavy atom. The van der Waals surface area contributed by atoms with Gasteiger partial charge in [-0.1, -0.05) is 37.3 Å². The van der Waals surface area contributed by atoms with Crippen molar-refractivity contribution >= 4 is 0 Å². The molecule has 0 saturated carbocycles. The lowest BCUT2D eigenvalue weighted by molar-refractivity contribution is 0.408. The molecule has 3 rings (SSSR count). The Morgan fingerprint density at radius 2 is 1.90 bits per heavy atom. The summed E-state index contributed by atoms with van der Waals surface area (Å²) < 4.78 is 13.7. The van der Waals surface area contributed by atoms with Crippen LogP contribution in [0.5, 0.6) is 0 Å². The van der Waals surface area contributed by atoms with Crippen molar-refractivity contribution in [1.82, 2.24) is 0 Å². The first-order chi connectivity index (χ1) is 9.52. The summed E-state index contributed by atoms with van der Waals surface area (Å²) in [6.45, 7) is 4.24. The lowest BCUT2D eigenvalue weighted by Crippen LogP contribution is -2.42. The molecule has 0 spiro atoms. The number of rotatable bonds is 1. The minimum atomic E-state index is -0.574. The average Bonchev–Trinajstić information content (AvgIpc) is 2.46. The highest BCUT2D eigenvalue weighted by Crippen LogP contribution is 2.44. The molecule has 0 amide bonds. The molecule has 0 saturated heterocycles. The Hall–Kier alpha value is -1.67. The van der Waals surface area contributed by atoms with Crippen molar-refractivity contribution in [2.45, 2.75) is 38.1 Å². The van der Waals surface area contributed by atoms with E-state index in [2.05, 4.69) is 25.1 Å². The van der Waals surface area contributed by atoms with Crippen LogP contribution in [-0.2, 0) is 5.54 Å². The van der Waals surface area contributed by atoms with Crippen LogP contribution in [0.1, 0.15) is 47.9 Å². The van der Waals surface area contributed by atoms with Gasteiger partial charge in [0, 0.05) is 0 Å². The molecule has 1 aliphatic carbocycles. The molecule has 1 aliphatic rings. The normalized spacial score (nSPS) is 25.3. The van der Waals surface area contributed by atoms with Gasteiger partial charge in [-0.15, -0.1) is 0 Å². The first-order valence-electron chi connectivity index (χ1n) is 7.17. The van der Waals surface area contributed by atoms with E-state index in [1.807, 2.05) is 19.1 Å². The van der Waals surface area contributed by atoms with Crippen LogP contribution in [0.4, 0.5) is 4.39 Å². The van der Waals surface area contributed by atoms with Gasteiger partial charge in [-0.25, -0.2) is 4.39 Å². The second-order valence-corrected chi connectivity index (χ2v) is 5.96. The molecule has 0 radical (unpaired) electrons. The van der Waals surface area contributed by atoms with E-state index in [1.54, 1.807) is 6.07 Å². The van der Waals surface area contributed by atoms with E-state index in [0.717, 1.165) is 29.5 Å². The van der Waals surface area contributed by atoms with E-state index in [4.69, 9.17) is 5.73 Å². The van der Waals surface area contributed by atoms with E-state index in [-0.39, 0.29) is 5.82 Å². The molecule has 2 atom stereocenters. The van der Waals surface area contributed by atoms with Crippen molar-refractivity contribution in [1.29, 1.82) is 0 Å². The smallest absolute Gasteiger partial charge is 0.123 e. The summed E-state index contributed by atoms with van der Waals surface area (Å²) in [6.07, 6.45) is 1.89. The average molecular weight is 269 g/mol. The summed E-state index contributed by atoms with van der Waals surface area (Å²) in [5, 5.41) is 0. The van der Waals surface area contributed by atoms with Crippen LogP contribution in [0, 0.1) is 12.7 Å². The highest BCUT2D eigenvalue weighted by atomic mass is 19.1. The zero-order chi connectivity index (χ0) is 14.3. The van der Waals surface area contributed by atoms with E-state index < -0.39 is 5.54 Å². The Balaban J connectivity index is 2.22. The van der Waals surface area contributed by atoms with Gasteiger partial charge in [0.25, 0.3) is 0 Å². The Kier molecular flexibility index (Phi) is 3.14. The SMILES string of the molecule is Cc1ccc(F)cc1C1(N)CCC(C)c2ccccc21. The van der Waals surface area contributed by atoms with Crippen molar-refractivity contribution in [3.05, 3.63) is 70.5 Å². The molecule has 2 aromatic carbocycles. The molecular weight excluding hydrogens is 249 g/mol. The number of hydrogen-bond acceptors (Lipinski definition) is 1. The molecule has 20 heavy (non-hydrogen) atoms. The Bertz CT molecular complexity index is 650. The van der Waals surface area contributed by atoms with E-state index >= 15 is 0 Å². The van der Waals surface area contributed by atoms with Crippen molar-refractivity contribution in [3.63, 3.8) is 0 Å². The van der Waals surface area contributed by atoms with Crippen LogP contribution in [0.15, 0.2) is 42.5 Å². The molecule has 0 aromatic heterocycles. The zero-order valence-electron chi connectivity index (χ0n) is 12.0. The molecule has 2 unspecified atom stereocenters. The minimum absolute atomic E-state index is 0.216. The fraction of sp³-hybridized carbons (Fsp3) is 0.333. The molecule has 2 N–H and O–H groups in total. The maximum absolute atomic E-state index is 13.7. The minimum Gasteiger partial charge on any atom is -0.318 e. The predicted molar refractivity (Wildman–Crippen MR) is 80.2 cm³/mol. The standard InChI is InChI=1S/C18H20FN/c1-12-9-10-18(20,16-6-4-3-5-15(12)16)17-11-14(19)8-7-13(17)2/h3-8,11-12H,9-10,20H2,1-2H3. The first kappa shape index (κ1) is 13.3. The maximum atomic E-state index is 13.7. The topological polar surface area (TPSA) is 26.0 Å². The van der Waals surface area contributed by atoms with Gasteiger partial charge in [0.15, 0.2) is 0 Å². The summed E-state index contributed by atoms with van der Waals surface area (Å²) in [4.78, 5) is 0. The van der Waals surface area contributed by atoms with Crippen LogP contribution in [0.3, 0.4) is 0 Å². The molecule has 0 fully saturated rings. The van der Waals surface area contributed by atoms with Crippen molar-refractivity contribution in [2.24, 2.45) is 5.73 Å². The number of halogens is 1.